The number of hydrogen-bond donors (Lipinski definition) is 0. The molecule has 1 atom stereocenters. The average molecular weight is 326 g/mol. The predicted molar refractivity (Wildman–Crippen MR) is 83.6 cm³/mol. The molecule has 8 heteroatoms. The highest BCUT2D eigenvalue weighted by atomic mass is 16.5. The van der Waals surface area contributed by atoms with Crippen molar-refractivity contribution in [2.45, 2.75) is 38.8 Å². The minimum absolute atomic E-state index is 0.105. The zero-order valence-electron chi connectivity index (χ0n) is 13.4. The fourth-order valence-electron chi connectivity index (χ4n) is 3.01. The van der Waals surface area contributed by atoms with Crippen molar-refractivity contribution in [3.05, 3.63) is 42.1 Å². The summed E-state index contributed by atoms with van der Waals surface area (Å²) in [5.74, 6) is 2.39. The topological polar surface area (TPSA) is 94.0 Å². The van der Waals surface area contributed by atoms with E-state index in [0.29, 0.717) is 30.0 Å². The van der Waals surface area contributed by atoms with E-state index in [1.165, 1.54) is 0 Å². The Labute approximate surface area is 138 Å². The quantitative estimate of drug-likeness (QED) is 0.722. The maximum absolute atomic E-state index is 5.79. The van der Waals surface area contributed by atoms with Crippen LogP contribution in [0.4, 0.5) is 0 Å². The smallest absolute Gasteiger partial charge is 0.249 e. The van der Waals surface area contributed by atoms with Gasteiger partial charge in [0.15, 0.2) is 5.82 Å². The van der Waals surface area contributed by atoms with Gasteiger partial charge in [0.25, 0.3) is 0 Å². The Morgan fingerprint density at radius 1 is 1.29 bits per heavy atom. The molecule has 0 spiro atoms. The normalized spacial score (nSPS) is 18.8. The molecule has 0 unspecified atom stereocenters. The van der Waals surface area contributed by atoms with Gasteiger partial charge in [0.2, 0.25) is 17.7 Å². The molecular weight excluding hydrogens is 308 g/mol. The van der Waals surface area contributed by atoms with Gasteiger partial charge in [-0.05, 0) is 38.4 Å². The second-order valence-corrected chi connectivity index (χ2v) is 5.90. The zero-order chi connectivity index (χ0) is 16.4. The number of aryl methyl sites for hydroxylation is 1. The first-order chi connectivity index (χ1) is 11.8. The van der Waals surface area contributed by atoms with E-state index in [4.69, 9.17) is 8.94 Å². The molecule has 0 N–H and O–H groups in total. The van der Waals surface area contributed by atoms with Gasteiger partial charge in [0, 0.05) is 12.4 Å². The van der Waals surface area contributed by atoms with Gasteiger partial charge in [-0.15, -0.1) is 10.2 Å². The highest BCUT2D eigenvalue weighted by molar-refractivity contribution is 5.49. The molecule has 3 aromatic heterocycles. The Hall–Kier alpha value is -2.61. The van der Waals surface area contributed by atoms with Crippen LogP contribution in [0.2, 0.25) is 0 Å². The van der Waals surface area contributed by atoms with Gasteiger partial charge in [-0.2, -0.15) is 4.98 Å². The lowest BCUT2D eigenvalue weighted by Crippen LogP contribution is -2.33. The molecule has 124 valence electrons. The SMILES string of the molecule is Cc1noc([C@H]2CCCCN2Cc2nnc(-c3cccnc3)o2)n1. The number of rotatable bonds is 4. The van der Waals surface area contributed by atoms with E-state index in [1.807, 2.05) is 19.1 Å². The molecule has 4 heterocycles. The molecule has 24 heavy (non-hydrogen) atoms. The molecule has 0 aliphatic carbocycles. The van der Waals surface area contributed by atoms with Crippen LogP contribution >= 0.6 is 0 Å². The molecule has 3 aromatic rings. The largest absolute Gasteiger partial charge is 0.419 e. The summed E-state index contributed by atoms with van der Waals surface area (Å²) in [7, 11) is 0. The first-order valence-corrected chi connectivity index (χ1v) is 8.06. The fraction of sp³-hybridized carbons (Fsp3) is 0.438. The highest BCUT2D eigenvalue weighted by Gasteiger charge is 2.29. The number of piperidine rings is 1. The summed E-state index contributed by atoms with van der Waals surface area (Å²) in [4.78, 5) is 10.7. The van der Waals surface area contributed by atoms with Crippen LogP contribution in [0.3, 0.4) is 0 Å². The number of nitrogens with zero attached hydrogens (tertiary/aromatic N) is 6. The summed E-state index contributed by atoms with van der Waals surface area (Å²) in [5.41, 5.74) is 0.818. The molecule has 1 fully saturated rings. The van der Waals surface area contributed by atoms with Crippen molar-refractivity contribution in [3.63, 3.8) is 0 Å². The summed E-state index contributed by atoms with van der Waals surface area (Å²) < 4.78 is 11.2. The van der Waals surface area contributed by atoms with Crippen molar-refractivity contribution in [2.75, 3.05) is 6.54 Å². The van der Waals surface area contributed by atoms with Crippen molar-refractivity contribution in [2.24, 2.45) is 0 Å². The molecule has 0 saturated carbocycles. The minimum atomic E-state index is 0.105. The molecule has 1 aliphatic rings. The van der Waals surface area contributed by atoms with Crippen molar-refractivity contribution in [1.29, 1.82) is 0 Å². The molecular formula is C16H18N6O2. The fourth-order valence-corrected chi connectivity index (χ4v) is 3.01. The van der Waals surface area contributed by atoms with Gasteiger partial charge in [0.05, 0.1) is 18.2 Å². The lowest BCUT2D eigenvalue weighted by molar-refractivity contribution is 0.102. The van der Waals surface area contributed by atoms with Crippen LogP contribution in [0.5, 0.6) is 0 Å². The van der Waals surface area contributed by atoms with Crippen molar-refractivity contribution in [1.82, 2.24) is 30.2 Å². The number of pyridine rings is 1. The van der Waals surface area contributed by atoms with Crippen LogP contribution in [-0.4, -0.2) is 36.8 Å². The monoisotopic (exact) mass is 326 g/mol. The third kappa shape index (κ3) is 3.05. The van der Waals surface area contributed by atoms with Crippen molar-refractivity contribution in [3.8, 4) is 11.5 Å². The van der Waals surface area contributed by atoms with Crippen LogP contribution in [0.25, 0.3) is 11.5 Å². The molecule has 0 radical (unpaired) electrons. The lowest BCUT2D eigenvalue weighted by atomic mass is 10.0. The van der Waals surface area contributed by atoms with Crippen LogP contribution in [-0.2, 0) is 6.54 Å². The molecule has 0 amide bonds. The Morgan fingerprint density at radius 3 is 3.04 bits per heavy atom. The summed E-state index contributed by atoms with van der Waals surface area (Å²) in [5, 5.41) is 12.2. The van der Waals surface area contributed by atoms with Gasteiger partial charge in [-0.3, -0.25) is 9.88 Å². The third-order valence-electron chi connectivity index (χ3n) is 4.16. The molecule has 8 nitrogen and oxygen atoms in total. The third-order valence-corrected chi connectivity index (χ3v) is 4.16. The predicted octanol–water partition coefficient (Wildman–Crippen LogP) is 2.55. The van der Waals surface area contributed by atoms with Gasteiger partial charge >= 0.3 is 0 Å². The van der Waals surface area contributed by atoms with Crippen LogP contribution in [0, 0.1) is 6.92 Å². The Balaban J connectivity index is 1.52. The number of likely N-dealkylation sites (tertiary alicyclic amines) is 1. The average Bonchev–Trinajstić information content (AvgIpc) is 3.25. The second kappa shape index (κ2) is 6.48. The van der Waals surface area contributed by atoms with E-state index < -0.39 is 0 Å². The molecule has 1 aliphatic heterocycles. The summed E-state index contributed by atoms with van der Waals surface area (Å²) in [6.45, 7) is 3.34. The Morgan fingerprint density at radius 2 is 2.25 bits per heavy atom. The van der Waals surface area contributed by atoms with Crippen LogP contribution in [0.15, 0.2) is 33.5 Å². The van der Waals surface area contributed by atoms with Crippen molar-refractivity contribution >= 4 is 0 Å². The Kier molecular flexibility index (Phi) is 4.04. The van der Waals surface area contributed by atoms with E-state index >= 15 is 0 Å². The van der Waals surface area contributed by atoms with Gasteiger partial charge in [0.1, 0.15) is 0 Å². The summed E-state index contributed by atoms with van der Waals surface area (Å²) >= 11 is 0. The maximum atomic E-state index is 5.79. The van der Waals surface area contributed by atoms with Gasteiger partial charge < -0.3 is 8.94 Å². The van der Waals surface area contributed by atoms with E-state index in [-0.39, 0.29) is 6.04 Å². The second-order valence-electron chi connectivity index (χ2n) is 5.90. The van der Waals surface area contributed by atoms with E-state index in [1.54, 1.807) is 12.4 Å². The van der Waals surface area contributed by atoms with E-state index in [9.17, 15) is 0 Å². The molecule has 0 bridgehead atoms. The number of hydrogen-bond acceptors (Lipinski definition) is 8. The maximum Gasteiger partial charge on any atom is 0.249 e. The minimum Gasteiger partial charge on any atom is -0.419 e. The molecule has 0 aromatic carbocycles. The van der Waals surface area contributed by atoms with Crippen molar-refractivity contribution < 1.29 is 8.94 Å². The van der Waals surface area contributed by atoms with E-state index in [2.05, 4.69) is 30.2 Å². The van der Waals surface area contributed by atoms with Gasteiger partial charge in [-0.25, -0.2) is 0 Å². The number of aromatic nitrogens is 5. The molecule has 1 saturated heterocycles. The van der Waals surface area contributed by atoms with Crippen LogP contribution in [0.1, 0.15) is 42.9 Å². The van der Waals surface area contributed by atoms with Gasteiger partial charge in [-0.1, -0.05) is 11.6 Å². The first kappa shape index (κ1) is 14.9. The summed E-state index contributed by atoms with van der Waals surface area (Å²) in [6.07, 6.45) is 6.69. The van der Waals surface area contributed by atoms with E-state index in [0.717, 1.165) is 31.4 Å². The lowest BCUT2D eigenvalue weighted by Gasteiger charge is -2.32. The first-order valence-electron chi connectivity index (χ1n) is 8.06. The molecule has 4 rings (SSSR count). The summed E-state index contributed by atoms with van der Waals surface area (Å²) in [6, 6.07) is 3.85. The standard InChI is InChI=1S/C16H18N6O2/c1-11-18-16(24-21-11)13-6-2-3-8-22(13)10-14-19-20-15(23-14)12-5-4-7-17-9-12/h4-5,7,9,13H,2-3,6,8,10H2,1H3/t13-/m1/s1. The van der Waals surface area contributed by atoms with Crippen LogP contribution < -0.4 is 0 Å². The Bertz CT molecular complexity index is 800. The highest BCUT2D eigenvalue weighted by Crippen LogP contribution is 2.31. The zero-order valence-corrected chi connectivity index (χ0v) is 13.4.